The summed E-state index contributed by atoms with van der Waals surface area (Å²) in [5, 5.41) is 21.3. The van der Waals surface area contributed by atoms with Gasteiger partial charge in [-0.25, -0.2) is 34.9 Å². The maximum atomic E-state index is 5.26. The Hall–Kier alpha value is -16.6. The van der Waals surface area contributed by atoms with Crippen molar-refractivity contribution in [1.82, 2.24) is 67.9 Å². The Labute approximate surface area is 769 Å². The topological polar surface area (TPSA) is 167 Å². The van der Waals surface area contributed by atoms with Gasteiger partial charge in [-0.15, -0.1) is 34.7 Å². The van der Waals surface area contributed by atoms with Gasteiger partial charge < -0.3 is 13.4 Å². The van der Waals surface area contributed by atoms with Crippen molar-refractivity contribution in [3.8, 4) is 34.2 Å². The molecule has 17 aromatic carbocycles. The maximum Gasteiger partial charge on any atom is 0.247 e. The summed E-state index contributed by atoms with van der Waals surface area (Å²) in [4.78, 5) is 31.9. The van der Waals surface area contributed by atoms with Crippen molar-refractivity contribution in [2.75, 3.05) is 0 Å². The van der Waals surface area contributed by atoms with E-state index >= 15 is 0 Å². The fraction of sp³-hybridized carbons (Fsp3) is 0.0870. The standard InChI is InChI=1S/C22H16N2.2C18H14N2.C15H14N2.C14H12N2.C9H8N2O.C8H7NO.C8H7NS.C3H6/c1-15-23-21-19-13-7-5-11-17(19)18-12-6-8-14-20(18)22(21)24(15)16-9-3-2-4-10-16;1-13-19-16-10-4-5-11-18(16)20(13)17-12-6-8-14-7-2-3-9-15(14)17;1-13-19-17-8-4-5-9-18(17)20(13)16-11-10-14-6-2-3-7-15(14)12-16;1-3-8-17-11(2)16-14-9-12-6-4-5-7-13(12)10-15(14)17;1-11-15-13-9-5-6-10-14(13)16(11)12-7-3-2-4-8-12;1-7-10-11-9(12-7)8-5-3-2-4-6-8;2*1-6-9-7-4-2-3-5-8(7)10-6;1-3-2/h2-14H,1H3;2*2-12H,1H3;3-7,9-10H,1,8H2,2H3;2-10H,1H3;2-6H,1H3;2*2-5H,1H3;3H,1H2,2H3. The Kier molecular flexibility index (Phi) is 26.9. The molecule has 0 amide bonds. The highest BCUT2D eigenvalue weighted by Gasteiger charge is 2.19. The summed E-state index contributed by atoms with van der Waals surface area (Å²) in [5.74, 6) is 6.99. The zero-order chi connectivity index (χ0) is 91.0. The van der Waals surface area contributed by atoms with Crippen LogP contribution in [0.4, 0.5) is 0 Å². The van der Waals surface area contributed by atoms with E-state index in [0.29, 0.717) is 11.8 Å². The number of fused-ring (bicyclic) bond motifs is 15. The lowest BCUT2D eigenvalue weighted by atomic mass is 10.00. The molecule has 0 saturated heterocycles. The minimum atomic E-state index is 0.577. The van der Waals surface area contributed by atoms with Crippen LogP contribution >= 0.6 is 11.3 Å². The third kappa shape index (κ3) is 19.3. The quantitative estimate of drug-likeness (QED) is 0.110. The Morgan fingerprint density at radius 2 is 0.750 bits per heavy atom. The molecule has 0 saturated carbocycles. The summed E-state index contributed by atoms with van der Waals surface area (Å²) < 4.78 is 22.9. The van der Waals surface area contributed by atoms with Crippen LogP contribution in [0.5, 0.6) is 0 Å². The van der Waals surface area contributed by atoms with Gasteiger partial charge in [-0.1, -0.05) is 267 Å². The summed E-state index contributed by atoms with van der Waals surface area (Å²) in [6.07, 6.45) is 3.66. The number of thiazole rings is 1. The number of benzene rings is 17. The van der Waals surface area contributed by atoms with Crippen LogP contribution in [0.15, 0.2) is 416 Å². The van der Waals surface area contributed by atoms with Gasteiger partial charge in [0.1, 0.15) is 34.6 Å². The number of rotatable bonds is 7. The summed E-state index contributed by atoms with van der Waals surface area (Å²) >= 11 is 1.74. The van der Waals surface area contributed by atoms with Gasteiger partial charge in [0, 0.05) is 59.2 Å². The van der Waals surface area contributed by atoms with Gasteiger partial charge in [0.25, 0.3) is 0 Å². The Morgan fingerprint density at radius 1 is 0.303 bits per heavy atom. The average molecular weight is 1740 g/mol. The van der Waals surface area contributed by atoms with E-state index in [-0.39, 0.29) is 0 Å². The molecule has 0 radical (unpaired) electrons. The van der Waals surface area contributed by atoms with Crippen LogP contribution in [0.25, 0.3) is 165 Å². The highest BCUT2D eigenvalue weighted by atomic mass is 32.1. The van der Waals surface area contributed by atoms with E-state index < -0.39 is 0 Å². The molecule has 0 bridgehead atoms. The molecule has 0 aliphatic carbocycles. The predicted molar refractivity (Wildman–Crippen MR) is 549 cm³/mol. The molecular weight excluding hydrogens is 1640 g/mol. The van der Waals surface area contributed by atoms with E-state index in [4.69, 9.17) is 13.8 Å². The molecule has 0 atom stereocenters. The second-order valence-corrected chi connectivity index (χ2v) is 32.7. The monoisotopic (exact) mass is 1740 g/mol. The molecular formula is C115H98N14O2S. The summed E-state index contributed by atoms with van der Waals surface area (Å²) in [7, 11) is 0. The zero-order valence-electron chi connectivity index (χ0n) is 75.1. The molecule has 646 valence electrons. The summed E-state index contributed by atoms with van der Waals surface area (Å²) in [6.45, 7) is 25.8. The second kappa shape index (κ2) is 40.6. The first-order valence-electron chi connectivity index (χ1n) is 43.9. The van der Waals surface area contributed by atoms with Crippen LogP contribution < -0.4 is 0 Å². The lowest BCUT2D eigenvalue weighted by Crippen LogP contribution is -1.97. The van der Waals surface area contributed by atoms with Gasteiger partial charge in [-0.3, -0.25) is 18.3 Å². The molecule has 0 fully saturated rings. The lowest BCUT2D eigenvalue weighted by Gasteiger charge is -2.11. The van der Waals surface area contributed by atoms with E-state index in [2.05, 4.69) is 352 Å². The van der Waals surface area contributed by atoms with Gasteiger partial charge in [-0.05, 0) is 214 Å². The first-order chi connectivity index (χ1) is 64.7. The minimum absolute atomic E-state index is 0.577. The first kappa shape index (κ1) is 87.4. The molecule has 0 aliphatic heterocycles. The van der Waals surface area contributed by atoms with Gasteiger partial charge in [0.15, 0.2) is 11.5 Å². The number of para-hydroxylation sites is 11. The second-order valence-electron chi connectivity index (χ2n) is 31.5. The number of nitrogens with zero attached hydrogens (tertiary/aromatic N) is 14. The van der Waals surface area contributed by atoms with Crippen LogP contribution in [0.1, 0.15) is 52.8 Å². The maximum absolute atomic E-state index is 5.26. The minimum Gasteiger partial charge on any atom is -0.441 e. The normalized spacial score (nSPS) is 10.9. The van der Waals surface area contributed by atoms with Crippen molar-refractivity contribution in [2.24, 2.45) is 0 Å². The number of hydrogen-bond donors (Lipinski definition) is 0. The Bertz CT molecular complexity index is 8170. The molecule has 0 spiro atoms. The van der Waals surface area contributed by atoms with E-state index in [9.17, 15) is 0 Å². The fourth-order valence-corrected chi connectivity index (χ4v) is 17.5. The molecule has 0 N–H and O–H groups in total. The smallest absolute Gasteiger partial charge is 0.247 e. The molecule has 0 unspecified atom stereocenters. The predicted octanol–water partition coefficient (Wildman–Crippen LogP) is 29.6. The van der Waals surface area contributed by atoms with E-state index in [1.54, 1.807) is 24.3 Å². The number of imidazole rings is 5. The molecule has 25 aromatic rings. The fourth-order valence-electron chi connectivity index (χ4n) is 16.7. The van der Waals surface area contributed by atoms with Crippen molar-refractivity contribution in [3.05, 3.63) is 453 Å². The lowest BCUT2D eigenvalue weighted by molar-refractivity contribution is 0.533. The van der Waals surface area contributed by atoms with Gasteiger partial charge in [0.05, 0.1) is 76.1 Å². The van der Waals surface area contributed by atoms with Gasteiger partial charge in [-0.2, -0.15) is 0 Å². The summed E-state index contributed by atoms with van der Waals surface area (Å²) in [5.41, 5.74) is 19.6. The number of oxazole rings is 1. The van der Waals surface area contributed by atoms with E-state index in [0.717, 1.165) is 130 Å². The highest BCUT2D eigenvalue weighted by molar-refractivity contribution is 7.18. The van der Waals surface area contributed by atoms with Crippen LogP contribution in [0.2, 0.25) is 0 Å². The summed E-state index contributed by atoms with van der Waals surface area (Å²) in [6, 6.07) is 131. The number of aryl methyl sites for hydroxylation is 8. The molecule has 17 heteroatoms. The number of aromatic nitrogens is 14. The zero-order valence-corrected chi connectivity index (χ0v) is 76.0. The Balaban J connectivity index is 0.000000106. The van der Waals surface area contributed by atoms with Crippen molar-refractivity contribution < 1.29 is 8.83 Å². The SMILES string of the molecule is C=CC.C=CCn1c(C)nc2cc3ccccc3cc21.Cc1nc2c3ccccc3c3ccccc3c2n1-c1ccccc1.Cc1nc2ccccc2n1-c1ccc2ccccc2c1.Cc1nc2ccccc2n1-c1cccc2ccccc12.Cc1nc2ccccc2n1-c1ccccc1.Cc1nc2ccccc2o1.Cc1nc2ccccc2s1.Cc1nnc(-c2ccccc2)o1. The van der Waals surface area contributed by atoms with Crippen molar-refractivity contribution in [3.63, 3.8) is 0 Å². The molecule has 16 nitrogen and oxygen atoms in total. The number of allylic oxidation sites excluding steroid dienone is 2. The molecule has 132 heavy (non-hydrogen) atoms. The average Bonchev–Trinajstić information content (AvgIpc) is 1.56. The third-order valence-electron chi connectivity index (χ3n) is 22.4. The molecule has 0 aliphatic rings. The molecule has 8 heterocycles. The van der Waals surface area contributed by atoms with Crippen molar-refractivity contribution >= 4 is 142 Å². The van der Waals surface area contributed by atoms with E-state index in [1.807, 2.05) is 168 Å². The van der Waals surface area contributed by atoms with Crippen LogP contribution in [-0.4, -0.2) is 67.9 Å². The van der Waals surface area contributed by atoms with Gasteiger partial charge in [0.2, 0.25) is 11.8 Å². The van der Waals surface area contributed by atoms with Crippen molar-refractivity contribution in [2.45, 2.75) is 68.9 Å². The third-order valence-corrected chi connectivity index (χ3v) is 23.3. The van der Waals surface area contributed by atoms with Crippen LogP contribution in [0.3, 0.4) is 0 Å². The van der Waals surface area contributed by atoms with Crippen LogP contribution in [-0.2, 0) is 6.54 Å². The first-order valence-corrected chi connectivity index (χ1v) is 44.7. The van der Waals surface area contributed by atoms with Crippen LogP contribution in [0, 0.1) is 55.4 Å². The highest BCUT2D eigenvalue weighted by Crippen LogP contribution is 2.38. The van der Waals surface area contributed by atoms with Crippen molar-refractivity contribution in [1.29, 1.82) is 0 Å². The molecule has 25 rings (SSSR count). The van der Waals surface area contributed by atoms with E-state index in [1.165, 1.54) is 75.3 Å². The van der Waals surface area contributed by atoms with Gasteiger partial charge >= 0.3 is 0 Å². The largest absolute Gasteiger partial charge is 0.441 e. The Morgan fingerprint density at radius 3 is 1.34 bits per heavy atom. The molecule has 8 aromatic heterocycles. The number of hydrogen-bond acceptors (Lipinski definition) is 12.